The molecule has 3 aliphatic rings. The molecule has 2 N–H and O–H groups in total. The first-order valence-electron chi connectivity index (χ1n) is 21.5. The number of benzene rings is 3. The molecule has 3 aromatic carbocycles. The molecule has 0 spiro atoms. The van der Waals surface area contributed by atoms with Crippen molar-refractivity contribution in [1.82, 2.24) is 20.4 Å². The summed E-state index contributed by atoms with van der Waals surface area (Å²) in [7, 11) is 0. The lowest BCUT2D eigenvalue weighted by atomic mass is 9.92. The molecule has 2 saturated heterocycles. The lowest BCUT2D eigenvalue weighted by Crippen LogP contribution is -2.40. The molecule has 2 fully saturated rings. The third-order valence-electron chi connectivity index (χ3n) is 11.7. The Morgan fingerprint density at radius 2 is 0.946 bits per heavy atom. The molecule has 0 bridgehead atoms. The van der Waals surface area contributed by atoms with Gasteiger partial charge in [-0.25, -0.2) is 9.59 Å². The lowest BCUT2D eigenvalue weighted by molar-refractivity contribution is 0.0485. The van der Waals surface area contributed by atoms with Gasteiger partial charge in [0.1, 0.15) is 12.2 Å². The van der Waals surface area contributed by atoms with Gasteiger partial charge in [-0.05, 0) is 86.7 Å². The van der Waals surface area contributed by atoms with Crippen LogP contribution in [0.1, 0.15) is 119 Å². The van der Waals surface area contributed by atoms with Crippen LogP contribution in [0.2, 0.25) is 0 Å². The quantitative estimate of drug-likeness (QED) is 0.118. The Balaban J connectivity index is 0.752. The van der Waals surface area contributed by atoms with E-state index in [1.807, 2.05) is 78.9 Å². The van der Waals surface area contributed by atoms with Crippen molar-refractivity contribution in [3.05, 3.63) is 131 Å². The molecule has 0 aromatic heterocycles. The Hall–Kier alpha value is -4.40. The number of rotatable bonds is 19. The number of nitrogens with zero attached hydrogens (tertiary/aromatic N) is 2. The fourth-order valence-corrected chi connectivity index (χ4v) is 8.39. The first kappa shape index (κ1) is 41.2. The standard InChI is InChI=1S/C48H64N4O4/c53-47(49-45(39-21-11-7-12-22-39)40-23-13-8-14-24-40)55-43-29-35-51(36-30-43)33-19-5-3-1-2-4-6-20-34-52-37-31-44(32-38-52)56-48(54)50-46(41-25-15-9-16-26-41)42-27-17-10-18-28-42/h7-17,21-27,43-46H,1-6,18-20,28-38H2,(H,49,53)(H,50,54). The molecule has 6 rings (SSSR count). The maximum Gasteiger partial charge on any atom is 0.408 e. The number of amides is 2. The summed E-state index contributed by atoms with van der Waals surface area (Å²) in [6.07, 6.45) is 21.6. The van der Waals surface area contributed by atoms with Gasteiger partial charge in [0.25, 0.3) is 0 Å². The molecule has 0 radical (unpaired) electrons. The van der Waals surface area contributed by atoms with Gasteiger partial charge in [-0.15, -0.1) is 0 Å². The fourth-order valence-electron chi connectivity index (χ4n) is 8.39. The van der Waals surface area contributed by atoms with E-state index in [1.165, 1.54) is 56.9 Å². The maximum absolute atomic E-state index is 13.0. The third kappa shape index (κ3) is 13.7. The number of unbranched alkanes of at least 4 members (excludes halogenated alkanes) is 7. The first-order chi connectivity index (χ1) is 27.6. The highest BCUT2D eigenvalue weighted by molar-refractivity contribution is 5.69. The van der Waals surface area contributed by atoms with Crippen LogP contribution in [0.25, 0.3) is 0 Å². The van der Waals surface area contributed by atoms with E-state index in [4.69, 9.17) is 9.47 Å². The zero-order valence-electron chi connectivity index (χ0n) is 33.4. The molecule has 3 aromatic rings. The number of carbonyl (C=O) groups excluding carboxylic acids is 2. The molecule has 2 aliphatic heterocycles. The Bertz CT molecular complexity index is 1590. The summed E-state index contributed by atoms with van der Waals surface area (Å²) in [4.78, 5) is 31.0. The average Bonchev–Trinajstić information content (AvgIpc) is 3.25. The van der Waals surface area contributed by atoms with Crippen LogP contribution in [0, 0.1) is 0 Å². The van der Waals surface area contributed by atoms with E-state index >= 15 is 0 Å². The molecule has 1 aliphatic carbocycles. The SMILES string of the molecule is O=C(NC(C1=CC=CCC1)c1ccccc1)OC1CCN(CCCCCCCCCCN2CCC(OC(=O)NC(c3ccccc3)c3ccccc3)CC2)CC1. The Morgan fingerprint density at radius 3 is 1.36 bits per heavy atom. The predicted octanol–water partition coefficient (Wildman–Crippen LogP) is 10.3. The summed E-state index contributed by atoms with van der Waals surface area (Å²) in [5.41, 5.74) is 4.41. The Labute approximate surface area is 335 Å². The number of ether oxygens (including phenoxy) is 2. The molecule has 8 nitrogen and oxygen atoms in total. The minimum Gasteiger partial charge on any atom is -0.446 e. The molecule has 1 atom stereocenters. The van der Waals surface area contributed by atoms with Crippen molar-refractivity contribution < 1.29 is 19.1 Å². The lowest BCUT2D eigenvalue weighted by Gasteiger charge is -2.32. The third-order valence-corrected chi connectivity index (χ3v) is 11.7. The number of likely N-dealkylation sites (tertiary alicyclic amines) is 2. The van der Waals surface area contributed by atoms with Gasteiger partial charge in [-0.1, -0.05) is 148 Å². The summed E-state index contributed by atoms with van der Waals surface area (Å²) in [5, 5.41) is 6.29. The van der Waals surface area contributed by atoms with Gasteiger partial charge in [0.05, 0.1) is 12.1 Å². The van der Waals surface area contributed by atoms with Crippen LogP contribution in [-0.4, -0.2) is 73.5 Å². The fraction of sp³-hybridized carbons (Fsp3) is 0.500. The van der Waals surface area contributed by atoms with Gasteiger partial charge in [0.15, 0.2) is 0 Å². The predicted molar refractivity (Wildman–Crippen MR) is 225 cm³/mol. The second-order valence-corrected chi connectivity index (χ2v) is 15.8. The van der Waals surface area contributed by atoms with E-state index in [-0.39, 0.29) is 36.5 Å². The molecular formula is C48H64N4O4. The van der Waals surface area contributed by atoms with Crippen LogP contribution in [-0.2, 0) is 9.47 Å². The zero-order valence-corrected chi connectivity index (χ0v) is 33.4. The van der Waals surface area contributed by atoms with Gasteiger partial charge in [-0.3, -0.25) is 0 Å². The molecule has 300 valence electrons. The minimum atomic E-state index is -0.340. The molecule has 2 heterocycles. The topological polar surface area (TPSA) is 83.1 Å². The Morgan fingerprint density at radius 1 is 0.554 bits per heavy atom. The molecular weight excluding hydrogens is 697 g/mol. The number of piperidine rings is 2. The van der Waals surface area contributed by atoms with Crippen LogP contribution < -0.4 is 10.6 Å². The number of allylic oxidation sites excluding steroid dienone is 3. The van der Waals surface area contributed by atoms with Crippen molar-refractivity contribution in [2.75, 3.05) is 39.3 Å². The van der Waals surface area contributed by atoms with Gasteiger partial charge < -0.3 is 29.9 Å². The molecule has 0 saturated carbocycles. The van der Waals surface area contributed by atoms with Crippen LogP contribution in [0.5, 0.6) is 0 Å². The number of hydrogen-bond donors (Lipinski definition) is 2. The van der Waals surface area contributed by atoms with Crippen molar-refractivity contribution in [3.63, 3.8) is 0 Å². The molecule has 2 amide bonds. The number of alkyl carbamates (subject to hydrolysis) is 2. The van der Waals surface area contributed by atoms with Crippen LogP contribution in [0.3, 0.4) is 0 Å². The highest BCUT2D eigenvalue weighted by atomic mass is 16.6. The summed E-state index contributed by atoms with van der Waals surface area (Å²) in [5.74, 6) is 0. The second kappa shape index (κ2) is 23.0. The zero-order chi connectivity index (χ0) is 38.6. The van der Waals surface area contributed by atoms with E-state index in [9.17, 15) is 9.59 Å². The normalized spacial score (nSPS) is 17.6. The maximum atomic E-state index is 13.0. The first-order valence-corrected chi connectivity index (χ1v) is 21.5. The highest BCUT2D eigenvalue weighted by Gasteiger charge is 2.26. The summed E-state index contributed by atoms with van der Waals surface area (Å²) in [6, 6.07) is 30.0. The van der Waals surface area contributed by atoms with Gasteiger partial charge in [0.2, 0.25) is 0 Å². The van der Waals surface area contributed by atoms with E-state index in [1.54, 1.807) is 0 Å². The van der Waals surface area contributed by atoms with Crippen LogP contribution in [0.15, 0.2) is 115 Å². The summed E-state index contributed by atoms with van der Waals surface area (Å²) in [6.45, 7) is 6.26. The second-order valence-electron chi connectivity index (χ2n) is 15.8. The van der Waals surface area contributed by atoms with E-state index in [0.717, 1.165) is 94.5 Å². The van der Waals surface area contributed by atoms with Crippen molar-refractivity contribution in [3.8, 4) is 0 Å². The van der Waals surface area contributed by atoms with E-state index < -0.39 is 0 Å². The number of carbonyl (C=O) groups is 2. The smallest absolute Gasteiger partial charge is 0.408 e. The van der Waals surface area contributed by atoms with Crippen LogP contribution >= 0.6 is 0 Å². The largest absolute Gasteiger partial charge is 0.446 e. The monoisotopic (exact) mass is 760 g/mol. The number of hydrogen-bond acceptors (Lipinski definition) is 6. The Kier molecular flexibility index (Phi) is 16.9. The van der Waals surface area contributed by atoms with Gasteiger partial charge in [-0.2, -0.15) is 0 Å². The van der Waals surface area contributed by atoms with Crippen molar-refractivity contribution in [2.45, 2.75) is 114 Å². The van der Waals surface area contributed by atoms with Crippen LogP contribution in [0.4, 0.5) is 9.59 Å². The number of nitrogens with one attached hydrogen (secondary N) is 2. The van der Waals surface area contributed by atoms with Gasteiger partial charge >= 0.3 is 12.2 Å². The van der Waals surface area contributed by atoms with E-state index in [2.05, 4.69) is 50.8 Å². The molecule has 1 unspecified atom stereocenters. The van der Waals surface area contributed by atoms with Crippen molar-refractivity contribution in [1.29, 1.82) is 0 Å². The average molecular weight is 761 g/mol. The van der Waals surface area contributed by atoms with Gasteiger partial charge in [0, 0.05) is 26.2 Å². The highest BCUT2D eigenvalue weighted by Crippen LogP contribution is 2.28. The van der Waals surface area contributed by atoms with Crippen molar-refractivity contribution >= 4 is 12.2 Å². The molecule has 8 heteroatoms. The summed E-state index contributed by atoms with van der Waals surface area (Å²) >= 11 is 0. The minimum absolute atomic E-state index is 0.0128. The summed E-state index contributed by atoms with van der Waals surface area (Å²) < 4.78 is 11.8. The van der Waals surface area contributed by atoms with Crippen molar-refractivity contribution in [2.24, 2.45) is 0 Å². The van der Waals surface area contributed by atoms with E-state index in [0.29, 0.717) is 0 Å². The molecule has 56 heavy (non-hydrogen) atoms.